The molecule has 5 aliphatic heterocycles. The molecule has 17 heteroatoms. The van der Waals surface area contributed by atoms with Crippen LogP contribution in [0.5, 0.6) is 0 Å². The minimum absolute atomic E-state index is 0. The SMILES string of the molecule is C.CN1CCN(CCC(=O)OCCCN2CCCC2=O)CC1.Cc1cc(C[C@@H](OC(=O)N2CCC(N3CCc4ccccc4NC3=O)CC2)C(=O)N2CCC(C)CC2)cc2oc(=O)n(C)c12. The quantitative estimate of drug-likeness (QED) is 0.189. The van der Waals surface area contributed by atoms with E-state index >= 15 is 0 Å². The van der Waals surface area contributed by atoms with Crippen LogP contribution in [0.4, 0.5) is 15.3 Å². The Kier molecular flexibility index (Phi) is 17.7. The molecule has 362 valence electrons. The minimum Gasteiger partial charge on any atom is -0.466 e. The Balaban J connectivity index is 0.000000275. The molecule has 1 aromatic heterocycles. The zero-order valence-corrected chi connectivity index (χ0v) is 38.8. The second kappa shape index (κ2) is 23.3. The summed E-state index contributed by atoms with van der Waals surface area (Å²) >= 11 is 0. The number of nitrogens with one attached hydrogen (secondary N) is 1. The normalized spacial score (nSPS) is 19.3. The molecule has 0 radical (unpaired) electrons. The van der Waals surface area contributed by atoms with Crippen molar-refractivity contribution in [2.45, 2.75) is 97.6 Å². The number of ether oxygens (including phenoxy) is 2. The fourth-order valence-electron chi connectivity index (χ4n) is 9.59. The zero-order valence-electron chi connectivity index (χ0n) is 38.8. The topological polar surface area (TPSA) is 170 Å². The van der Waals surface area contributed by atoms with Crippen LogP contribution in [0, 0.1) is 12.8 Å². The highest BCUT2D eigenvalue weighted by Gasteiger charge is 2.35. The first-order chi connectivity index (χ1) is 31.3. The van der Waals surface area contributed by atoms with Gasteiger partial charge in [-0.15, -0.1) is 0 Å². The summed E-state index contributed by atoms with van der Waals surface area (Å²) in [7, 11) is 3.78. The van der Waals surface area contributed by atoms with Crippen molar-refractivity contribution in [1.82, 2.24) is 34.0 Å². The van der Waals surface area contributed by atoms with Crippen molar-refractivity contribution in [2.75, 3.05) is 97.5 Å². The van der Waals surface area contributed by atoms with Crippen molar-refractivity contribution in [3.8, 4) is 0 Å². The van der Waals surface area contributed by atoms with Crippen LogP contribution in [0.3, 0.4) is 0 Å². The molecular weight excluding hydrogens is 845 g/mol. The maximum Gasteiger partial charge on any atom is 0.419 e. The van der Waals surface area contributed by atoms with Crippen LogP contribution >= 0.6 is 0 Å². The fourth-order valence-corrected chi connectivity index (χ4v) is 9.59. The van der Waals surface area contributed by atoms with Crippen molar-refractivity contribution in [3.63, 3.8) is 0 Å². The van der Waals surface area contributed by atoms with E-state index in [1.54, 1.807) is 22.9 Å². The highest BCUT2D eigenvalue weighted by molar-refractivity contribution is 5.91. The summed E-state index contributed by atoms with van der Waals surface area (Å²) in [6.07, 6.45) is 5.34. The molecule has 17 nitrogen and oxygen atoms in total. The first-order valence-corrected chi connectivity index (χ1v) is 23.7. The van der Waals surface area contributed by atoms with E-state index in [1.165, 1.54) is 4.57 Å². The Morgan fingerprint density at radius 2 is 1.56 bits per heavy atom. The number of aryl methyl sites for hydroxylation is 2. The number of urea groups is 1. The summed E-state index contributed by atoms with van der Waals surface area (Å²) in [4.78, 5) is 87.3. The standard InChI is InChI=1S/C33H41N5O6.C15H27N3O3.CH4/c1-21-8-13-36(14-9-21)30(39)28(20-23-18-22(2)29-27(19-23)43-32(41)35(29)3)44-33(42)37-15-11-25(12-16-37)38-17-10-24-6-4-5-7-26(24)34-31(38)40;1-16-9-11-17(12-10-16)8-5-15(20)21-13-3-7-18-6-2-4-14(18)19;/h4-7,18-19,21,25,28H,8-17,20H2,1-3H3,(H,34,40);2-13H2,1H3;1H4/t28-;;/m1../s1. The molecule has 0 aliphatic carbocycles. The van der Waals surface area contributed by atoms with E-state index in [1.807, 2.05) is 47.1 Å². The molecule has 1 atom stereocenters. The first kappa shape index (κ1) is 50.0. The van der Waals surface area contributed by atoms with Gasteiger partial charge in [-0.25, -0.2) is 14.4 Å². The molecule has 5 amide bonds. The van der Waals surface area contributed by atoms with Crippen molar-refractivity contribution in [3.05, 3.63) is 63.6 Å². The molecule has 3 aromatic rings. The summed E-state index contributed by atoms with van der Waals surface area (Å²) in [5.74, 6) is 0.00597. The van der Waals surface area contributed by atoms with Crippen LogP contribution < -0.4 is 11.1 Å². The largest absolute Gasteiger partial charge is 0.466 e. The lowest BCUT2D eigenvalue weighted by atomic mass is 9.98. The van der Waals surface area contributed by atoms with Gasteiger partial charge in [-0.05, 0) is 93.7 Å². The van der Waals surface area contributed by atoms with Crippen LogP contribution in [-0.4, -0.2) is 168 Å². The number of piperidine rings is 2. The maximum atomic E-state index is 13.8. The monoisotopic (exact) mass is 917 g/mol. The van der Waals surface area contributed by atoms with E-state index in [4.69, 9.17) is 13.9 Å². The van der Waals surface area contributed by atoms with Crippen molar-refractivity contribution < 1.29 is 37.9 Å². The lowest BCUT2D eigenvalue weighted by molar-refractivity contribution is -0.144. The Morgan fingerprint density at radius 3 is 2.27 bits per heavy atom. The molecule has 1 N–H and O–H groups in total. The van der Waals surface area contributed by atoms with Crippen LogP contribution in [0.2, 0.25) is 0 Å². The summed E-state index contributed by atoms with van der Waals surface area (Å²) in [5, 5.41) is 3.03. The molecule has 0 spiro atoms. The average Bonchev–Trinajstić information content (AvgIpc) is 3.79. The summed E-state index contributed by atoms with van der Waals surface area (Å²) in [6, 6.07) is 11.4. The number of benzene rings is 2. The molecule has 0 saturated carbocycles. The van der Waals surface area contributed by atoms with Crippen LogP contribution in [0.25, 0.3) is 11.1 Å². The van der Waals surface area contributed by atoms with Crippen LogP contribution in [0.1, 0.15) is 82.4 Å². The minimum atomic E-state index is -1.00. The Labute approximate surface area is 389 Å². The number of esters is 1. The second-order valence-corrected chi connectivity index (χ2v) is 18.5. The van der Waals surface area contributed by atoms with Gasteiger partial charge >= 0.3 is 23.8 Å². The highest BCUT2D eigenvalue weighted by Crippen LogP contribution is 2.27. The van der Waals surface area contributed by atoms with Gasteiger partial charge in [0.15, 0.2) is 11.7 Å². The average molecular weight is 917 g/mol. The molecule has 2 aromatic carbocycles. The van der Waals surface area contributed by atoms with Crippen molar-refractivity contribution in [1.29, 1.82) is 0 Å². The number of fused-ring (bicyclic) bond motifs is 2. The maximum absolute atomic E-state index is 13.8. The van der Waals surface area contributed by atoms with Crippen molar-refractivity contribution >= 4 is 46.7 Å². The molecule has 4 fully saturated rings. The summed E-state index contributed by atoms with van der Waals surface area (Å²) in [5.41, 5.74) is 4.72. The number of oxazole rings is 1. The number of piperazine rings is 1. The van der Waals surface area contributed by atoms with E-state index in [-0.39, 0.29) is 43.7 Å². The van der Waals surface area contributed by atoms with E-state index in [9.17, 15) is 28.8 Å². The predicted octanol–water partition coefficient (Wildman–Crippen LogP) is 5.12. The summed E-state index contributed by atoms with van der Waals surface area (Å²) < 4.78 is 18.1. The number of para-hydroxylation sites is 1. The van der Waals surface area contributed by atoms with E-state index in [0.29, 0.717) is 88.6 Å². The molecule has 6 heterocycles. The van der Waals surface area contributed by atoms with Gasteiger partial charge in [0.05, 0.1) is 18.5 Å². The number of likely N-dealkylation sites (tertiary alicyclic amines) is 3. The lowest BCUT2D eigenvalue weighted by Crippen LogP contribution is -2.51. The predicted molar refractivity (Wildman–Crippen MR) is 252 cm³/mol. The number of carbonyl (C=O) groups excluding carboxylic acids is 5. The number of nitrogens with zero attached hydrogens (tertiary/aromatic N) is 7. The Hall–Kier alpha value is -5.42. The second-order valence-electron chi connectivity index (χ2n) is 18.5. The Morgan fingerprint density at radius 1 is 0.848 bits per heavy atom. The van der Waals surface area contributed by atoms with Gasteiger partial charge in [-0.3, -0.25) is 19.0 Å². The van der Waals surface area contributed by atoms with E-state index < -0.39 is 18.0 Å². The molecular formula is C49H72N8O9. The van der Waals surface area contributed by atoms with Gasteiger partial charge in [0.2, 0.25) is 5.91 Å². The van der Waals surface area contributed by atoms with Gasteiger partial charge in [-0.1, -0.05) is 38.6 Å². The number of amides is 5. The van der Waals surface area contributed by atoms with Crippen LogP contribution in [0.15, 0.2) is 45.6 Å². The third-order valence-corrected chi connectivity index (χ3v) is 13.7. The number of likely N-dealkylation sites (N-methyl/N-ethyl adjacent to an activating group) is 1. The van der Waals surface area contributed by atoms with Crippen molar-refractivity contribution in [2.24, 2.45) is 13.0 Å². The molecule has 4 saturated heterocycles. The number of hydrogen-bond acceptors (Lipinski definition) is 11. The lowest BCUT2D eigenvalue weighted by Gasteiger charge is -2.38. The number of anilines is 1. The number of aromatic nitrogens is 1. The molecule has 0 bridgehead atoms. The Bertz CT molecular complexity index is 2200. The van der Waals surface area contributed by atoms with Gasteiger partial charge in [-0.2, -0.15) is 0 Å². The zero-order chi connectivity index (χ0) is 46.0. The number of rotatable bonds is 12. The van der Waals surface area contributed by atoms with E-state index in [2.05, 4.69) is 29.1 Å². The van der Waals surface area contributed by atoms with Gasteiger partial charge in [0.25, 0.3) is 5.91 Å². The van der Waals surface area contributed by atoms with Crippen LogP contribution in [-0.2, 0) is 43.7 Å². The molecule has 0 unspecified atom stereocenters. The fraction of sp³-hybridized carbons (Fsp3) is 0.633. The third-order valence-electron chi connectivity index (χ3n) is 13.7. The first-order valence-electron chi connectivity index (χ1n) is 23.7. The van der Waals surface area contributed by atoms with Gasteiger partial charge in [0, 0.05) is 110 Å². The number of hydrogen-bond donors (Lipinski definition) is 1. The number of carbonyl (C=O) groups is 5. The molecule has 66 heavy (non-hydrogen) atoms. The molecule has 5 aliphatic rings. The van der Waals surface area contributed by atoms with Gasteiger partial charge in [0.1, 0.15) is 0 Å². The highest BCUT2D eigenvalue weighted by atomic mass is 16.6. The summed E-state index contributed by atoms with van der Waals surface area (Å²) in [6.45, 7) is 13.8. The van der Waals surface area contributed by atoms with Gasteiger partial charge < -0.3 is 48.6 Å². The smallest absolute Gasteiger partial charge is 0.419 e. The third kappa shape index (κ3) is 12.9. The van der Waals surface area contributed by atoms with E-state index in [0.717, 1.165) is 93.8 Å². The molecule has 8 rings (SSSR count).